The van der Waals surface area contributed by atoms with Crippen molar-refractivity contribution < 1.29 is 9.53 Å². The molecule has 2 unspecified atom stereocenters. The summed E-state index contributed by atoms with van der Waals surface area (Å²) >= 11 is 5.06. The summed E-state index contributed by atoms with van der Waals surface area (Å²) in [6, 6.07) is 0.460. The van der Waals surface area contributed by atoms with Crippen molar-refractivity contribution in [2.45, 2.75) is 26.3 Å². The van der Waals surface area contributed by atoms with Crippen LogP contribution in [-0.4, -0.2) is 66.1 Å². The second kappa shape index (κ2) is 6.83. The van der Waals surface area contributed by atoms with E-state index in [0.29, 0.717) is 11.0 Å². The first-order valence-corrected chi connectivity index (χ1v) is 7.81. The van der Waals surface area contributed by atoms with Crippen LogP contribution in [0.15, 0.2) is 0 Å². The maximum Gasteiger partial charge on any atom is 0.232 e. The minimum Gasteiger partial charge on any atom is -0.393 e. The van der Waals surface area contributed by atoms with Crippen molar-refractivity contribution in [2.75, 3.05) is 39.4 Å². The molecule has 2 N–H and O–H groups in total. The van der Waals surface area contributed by atoms with Gasteiger partial charge >= 0.3 is 0 Å². The number of carbonyl (C=O) groups is 1. The quantitative estimate of drug-likeness (QED) is 0.765. The Bertz CT molecular complexity index is 369. The SMILES string of the molecule is CC(C)C(C(=O)N1CCC(N2CCOCC2)C1)C(N)=S. The molecule has 20 heavy (non-hydrogen) atoms. The van der Waals surface area contributed by atoms with Crippen molar-refractivity contribution in [3.63, 3.8) is 0 Å². The molecule has 2 heterocycles. The normalized spacial score (nSPS) is 25.9. The van der Waals surface area contributed by atoms with E-state index in [2.05, 4.69) is 4.90 Å². The van der Waals surface area contributed by atoms with Gasteiger partial charge in [-0.25, -0.2) is 0 Å². The van der Waals surface area contributed by atoms with Crippen LogP contribution in [0.1, 0.15) is 20.3 Å². The van der Waals surface area contributed by atoms with E-state index < -0.39 is 0 Å². The molecule has 0 aromatic rings. The molecule has 6 heteroatoms. The Hall–Kier alpha value is -0.720. The fourth-order valence-electron chi connectivity index (χ4n) is 3.11. The van der Waals surface area contributed by atoms with E-state index in [0.717, 1.165) is 45.8 Å². The van der Waals surface area contributed by atoms with Gasteiger partial charge in [-0.3, -0.25) is 9.69 Å². The van der Waals surface area contributed by atoms with E-state index in [9.17, 15) is 4.79 Å². The highest BCUT2D eigenvalue weighted by Crippen LogP contribution is 2.22. The number of amides is 1. The van der Waals surface area contributed by atoms with Gasteiger partial charge in [0.25, 0.3) is 0 Å². The van der Waals surface area contributed by atoms with Gasteiger partial charge in [-0.2, -0.15) is 0 Å². The summed E-state index contributed by atoms with van der Waals surface area (Å²) in [6.45, 7) is 9.13. The highest BCUT2D eigenvalue weighted by Gasteiger charge is 2.35. The third-order valence-corrected chi connectivity index (χ3v) is 4.53. The van der Waals surface area contributed by atoms with E-state index in [1.165, 1.54) is 0 Å². The molecule has 0 aliphatic carbocycles. The lowest BCUT2D eigenvalue weighted by molar-refractivity contribution is -0.133. The predicted octanol–water partition coefficient (Wildman–Crippen LogP) is 0.478. The third-order valence-electron chi connectivity index (χ3n) is 4.28. The average Bonchev–Trinajstić information content (AvgIpc) is 2.88. The van der Waals surface area contributed by atoms with Crippen molar-refractivity contribution >= 4 is 23.1 Å². The molecule has 0 saturated carbocycles. The lowest BCUT2D eigenvalue weighted by Crippen LogP contribution is -2.47. The molecule has 2 aliphatic heterocycles. The molecule has 114 valence electrons. The number of morpholine rings is 1. The number of likely N-dealkylation sites (tertiary alicyclic amines) is 1. The molecule has 2 aliphatic rings. The van der Waals surface area contributed by atoms with Gasteiger partial charge in [0.05, 0.1) is 24.1 Å². The van der Waals surface area contributed by atoms with Gasteiger partial charge in [0.2, 0.25) is 5.91 Å². The van der Waals surface area contributed by atoms with Crippen LogP contribution in [0.4, 0.5) is 0 Å². The van der Waals surface area contributed by atoms with Crippen LogP contribution >= 0.6 is 12.2 Å². The molecule has 0 radical (unpaired) electrons. The highest BCUT2D eigenvalue weighted by molar-refractivity contribution is 7.80. The number of thiocarbonyl (C=S) groups is 1. The Morgan fingerprint density at radius 2 is 1.95 bits per heavy atom. The second-order valence-corrected chi connectivity index (χ2v) is 6.47. The van der Waals surface area contributed by atoms with Gasteiger partial charge in [-0.15, -0.1) is 0 Å². The Morgan fingerprint density at radius 3 is 2.50 bits per heavy atom. The maximum absolute atomic E-state index is 12.6. The van der Waals surface area contributed by atoms with Crippen LogP contribution in [-0.2, 0) is 9.53 Å². The van der Waals surface area contributed by atoms with E-state index in [-0.39, 0.29) is 17.7 Å². The number of carbonyl (C=O) groups excluding carboxylic acids is 1. The van der Waals surface area contributed by atoms with Crippen LogP contribution in [0.2, 0.25) is 0 Å². The Balaban J connectivity index is 1.94. The summed E-state index contributed by atoms with van der Waals surface area (Å²) in [5.74, 6) is -0.0702. The standard InChI is InChI=1S/C14H25N3O2S/c1-10(2)12(13(15)20)14(18)17-4-3-11(9-17)16-5-7-19-8-6-16/h10-12H,3-9H2,1-2H3,(H2,15,20). The summed E-state index contributed by atoms with van der Waals surface area (Å²) in [7, 11) is 0. The molecule has 0 spiro atoms. The molecular formula is C14H25N3O2S. The summed E-state index contributed by atoms with van der Waals surface area (Å²) in [6.07, 6.45) is 1.04. The number of hydrogen-bond acceptors (Lipinski definition) is 4. The Kier molecular flexibility index (Phi) is 5.35. The molecule has 2 rings (SSSR count). The van der Waals surface area contributed by atoms with Crippen LogP contribution in [0.3, 0.4) is 0 Å². The predicted molar refractivity (Wildman–Crippen MR) is 82.5 cm³/mol. The molecule has 0 aromatic carbocycles. The molecule has 2 atom stereocenters. The smallest absolute Gasteiger partial charge is 0.232 e. The van der Waals surface area contributed by atoms with Gasteiger partial charge in [-0.05, 0) is 12.3 Å². The van der Waals surface area contributed by atoms with Crippen molar-refractivity contribution in [1.29, 1.82) is 0 Å². The van der Waals surface area contributed by atoms with E-state index in [1.807, 2.05) is 18.7 Å². The van der Waals surface area contributed by atoms with Crippen LogP contribution in [0.25, 0.3) is 0 Å². The zero-order valence-corrected chi connectivity index (χ0v) is 13.2. The first-order chi connectivity index (χ1) is 9.50. The fraction of sp³-hybridized carbons (Fsp3) is 0.857. The molecule has 2 fully saturated rings. The van der Waals surface area contributed by atoms with E-state index in [1.54, 1.807) is 0 Å². The molecule has 2 saturated heterocycles. The van der Waals surface area contributed by atoms with Crippen LogP contribution in [0.5, 0.6) is 0 Å². The topological polar surface area (TPSA) is 58.8 Å². The van der Waals surface area contributed by atoms with E-state index in [4.69, 9.17) is 22.7 Å². The number of rotatable bonds is 4. The van der Waals surface area contributed by atoms with Crippen molar-refractivity contribution in [2.24, 2.45) is 17.6 Å². The zero-order valence-electron chi connectivity index (χ0n) is 12.4. The fourth-order valence-corrected chi connectivity index (χ4v) is 3.49. The Labute approximate surface area is 126 Å². The molecule has 0 bridgehead atoms. The molecule has 0 aromatic heterocycles. The number of nitrogens with two attached hydrogens (primary N) is 1. The minimum atomic E-state index is -0.326. The monoisotopic (exact) mass is 299 g/mol. The summed E-state index contributed by atoms with van der Waals surface area (Å²) in [5.41, 5.74) is 5.74. The van der Waals surface area contributed by atoms with Crippen molar-refractivity contribution in [1.82, 2.24) is 9.80 Å². The first kappa shape index (κ1) is 15.7. The molecule has 5 nitrogen and oxygen atoms in total. The lowest BCUT2D eigenvalue weighted by Gasteiger charge is -2.32. The third kappa shape index (κ3) is 3.48. The molecule has 1 amide bonds. The lowest BCUT2D eigenvalue weighted by atomic mass is 9.94. The minimum absolute atomic E-state index is 0.100. The average molecular weight is 299 g/mol. The Morgan fingerprint density at radius 1 is 1.30 bits per heavy atom. The number of ether oxygens (including phenoxy) is 1. The van der Waals surface area contributed by atoms with Gasteiger partial charge in [-0.1, -0.05) is 26.1 Å². The zero-order chi connectivity index (χ0) is 14.7. The van der Waals surface area contributed by atoms with Gasteiger partial charge in [0, 0.05) is 32.2 Å². The van der Waals surface area contributed by atoms with E-state index >= 15 is 0 Å². The van der Waals surface area contributed by atoms with Gasteiger partial charge in [0.1, 0.15) is 0 Å². The van der Waals surface area contributed by atoms with Crippen molar-refractivity contribution in [3.8, 4) is 0 Å². The molecular weight excluding hydrogens is 274 g/mol. The van der Waals surface area contributed by atoms with Gasteiger partial charge in [0.15, 0.2) is 0 Å². The first-order valence-electron chi connectivity index (χ1n) is 7.40. The largest absolute Gasteiger partial charge is 0.393 e. The summed E-state index contributed by atoms with van der Waals surface area (Å²) < 4.78 is 5.38. The summed E-state index contributed by atoms with van der Waals surface area (Å²) in [5, 5.41) is 0. The summed E-state index contributed by atoms with van der Waals surface area (Å²) in [4.78, 5) is 17.3. The van der Waals surface area contributed by atoms with Crippen LogP contribution in [0, 0.1) is 11.8 Å². The number of hydrogen-bond donors (Lipinski definition) is 1. The second-order valence-electron chi connectivity index (χ2n) is 6.00. The number of nitrogens with zero attached hydrogens (tertiary/aromatic N) is 2. The van der Waals surface area contributed by atoms with Gasteiger partial charge < -0.3 is 15.4 Å². The van der Waals surface area contributed by atoms with Crippen molar-refractivity contribution in [3.05, 3.63) is 0 Å². The van der Waals surface area contributed by atoms with Crippen LogP contribution < -0.4 is 5.73 Å². The maximum atomic E-state index is 12.6. The highest BCUT2D eigenvalue weighted by atomic mass is 32.1.